The van der Waals surface area contributed by atoms with Gasteiger partial charge in [0.2, 0.25) is 0 Å². The molecule has 0 aliphatic carbocycles. The van der Waals surface area contributed by atoms with Gasteiger partial charge in [0.25, 0.3) is 0 Å². The number of benzene rings is 2. The number of ketones is 1. The van der Waals surface area contributed by atoms with Crippen LogP contribution in [0.4, 0.5) is 0 Å². The van der Waals surface area contributed by atoms with Crippen LogP contribution in [-0.2, 0) is 5.60 Å². The Hall–Kier alpha value is -2.01. The molecule has 0 spiro atoms. The molecule has 2 aromatic rings. The van der Waals surface area contributed by atoms with Crippen molar-refractivity contribution in [3.8, 4) is 0 Å². The molecule has 2 atom stereocenters. The van der Waals surface area contributed by atoms with E-state index in [0.29, 0.717) is 18.5 Å². The molecule has 0 saturated carbocycles. The fraction of sp³-hybridized carbons (Fsp3) is 0.409. The first-order valence-electron chi connectivity index (χ1n) is 9.25. The van der Waals surface area contributed by atoms with Crippen LogP contribution >= 0.6 is 0 Å². The number of carbonyl (C=O) groups is 1. The second kappa shape index (κ2) is 8.12. The number of likely N-dealkylation sites (tertiary alicyclic amines) is 1. The predicted molar refractivity (Wildman–Crippen MR) is 104 cm³/mol. The summed E-state index contributed by atoms with van der Waals surface area (Å²) in [4.78, 5) is 17.7. The van der Waals surface area contributed by atoms with Gasteiger partial charge < -0.3 is 14.9 Å². The van der Waals surface area contributed by atoms with E-state index >= 15 is 0 Å². The van der Waals surface area contributed by atoms with Crippen LogP contribution in [0, 0.1) is 5.92 Å². The molecule has 0 aromatic heterocycles. The largest absolute Gasteiger partial charge is 0.384 e. The molecule has 0 radical (unpaired) electrons. The van der Waals surface area contributed by atoms with E-state index in [2.05, 4.69) is 23.9 Å². The van der Waals surface area contributed by atoms with Crippen LogP contribution in [0.1, 0.15) is 22.3 Å². The van der Waals surface area contributed by atoms with Gasteiger partial charge in [0.15, 0.2) is 5.78 Å². The van der Waals surface area contributed by atoms with Gasteiger partial charge in [-0.3, -0.25) is 4.79 Å². The van der Waals surface area contributed by atoms with Crippen LogP contribution < -0.4 is 0 Å². The number of piperidine rings is 1. The maximum atomic E-state index is 13.3. The number of rotatable bonds is 6. The zero-order valence-corrected chi connectivity index (χ0v) is 15.6. The van der Waals surface area contributed by atoms with Crippen molar-refractivity contribution in [1.82, 2.24) is 9.80 Å². The minimum atomic E-state index is -1.12. The number of hydrogen-bond donors (Lipinski definition) is 1. The first-order valence-corrected chi connectivity index (χ1v) is 9.25. The lowest BCUT2D eigenvalue weighted by molar-refractivity contribution is -0.0647. The molecule has 138 valence electrons. The molecule has 1 aliphatic rings. The minimum absolute atomic E-state index is 0.0199. The fourth-order valence-corrected chi connectivity index (χ4v) is 3.72. The van der Waals surface area contributed by atoms with Crippen molar-refractivity contribution in [1.29, 1.82) is 0 Å². The maximum absolute atomic E-state index is 13.3. The molecule has 1 aliphatic heterocycles. The summed E-state index contributed by atoms with van der Waals surface area (Å²) in [6.45, 7) is 3.21. The molecule has 1 saturated heterocycles. The standard InChI is InChI=1S/C22H28N2O2/c1-23(2)15-16-24-14-13-22(26,19-11-7-4-8-12-19)20(17-24)21(25)18-9-5-3-6-10-18/h3-12,20,26H,13-17H2,1-2H3. The first-order chi connectivity index (χ1) is 12.5. The van der Waals surface area contributed by atoms with Crippen LogP contribution in [0.2, 0.25) is 0 Å². The summed E-state index contributed by atoms with van der Waals surface area (Å²) >= 11 is 0. The Balaban J connectivity index is 1.90. The SMILES string of the molecule is CN(C)CCN1CCC(O)(c2ccccc2)C(C(=O)c2ccccc2)C1. The third kappa shape index (κ3) is 4.04. The van der Waals surface area contributed by atoms with Gasteiger partial charge in [0.05, 0.1) is 5.92 Å². The molecular formula is C22H28N2O2. The quantitative estimate of drug-likeness (QED) is 0.812. The smallest absolute Gasteiger partial charge is 0.170 e. The van der Waals surface area contributed by atoms with Crippen LogP contribution in [0.25, 0.3) is 0 Å². The molecule has 0 amide bonds. The maximum Gasteiger partial charge on any atom is 0.170 e. The monoisotopic (exact) mass is 352 g/mol. The first kappa shape index (κ1) is 18.8. The van der Waals surface area contributed by atoms with Crippen molar-refractivity contribution in [3.05, 3.63) is 71.8 Å². The zero-order chi connectivity index (χ0) is 18.6. The Bertz CT molecular complexity index is 717. The van der Waals surface area contributed by atoms with Crippen LogP contribution in [0.15, 0.2) is 60.7 Å². The topological polar surface area (TPSA) is 43.8 Å². The Morgan fingerprint density at radius 2 is 1.73 bits per heavy atom. The fourth-order valence-electron chi connectivity index (χ4n) is 3.72. The van der Waals surface area contributed by atoms with E-state index in [1.165, 1.54) is 0 Å². The minimum Gasteiger partial charge on any atom is -0.384 e. The van der Waals surface area contributed by atoms with E-state index in [4.69, 9.17) is 0 Å². The third-order valence-electron chi connectivity index (χ3n) is 5.34. The summed E-state index contributed by atoms with van der Waals surface area (Å²) in [6.07, 6.45) is 0.563. The van der Waals surface area contributed by atoms with Crippen molar-refractivity contribution in [2.24, 2.45) is 5.92 Å². The van der Waals surface area contributed by atoms with Gasteiger partial charge in [-0.05, 0) is 26.1 Å². The summed E-state index contributed by atoms with van der Waals surface area (Å²) in [7, 11) is 4.10. The predicted octanol–water partition coefficient (Wildman–Crippen LogP) is 2.64. The molecule has 2 aromatic carbocycles. The van der Waals surface area contributed by atoms with E-state index in [1.54, 1.807) is 0 Å². The van der Waals surface area contributed by atoms with Gasteiger partial charge in [-0.2, -0.15) is 0 Å². The zero-order valence-electron chi connectivity index (χ0n) is 15.6. The number of carbonyl (C=O) groups excluding carboxylic acids is 1. The van der Waals surface area contributed by atoms with Crippen molar-refractivity contribution >= 4 is 5.78 Å². The highest BCUT2D eigenvalue weighted by molar-refractivity contribution is 5.98. The molecular weight excluding hydrogens is 324 g/mol. The van der Waals surface area contributed by atoms with Gasteiger partial charge in [0, 0.05) is 31.7 Å². The molecule has 4 nitrogen and oxygen atoms in total. The molecule has 1 fully saturated rings. The van der Waals surface area contributed by atoms with Crippen LogP contribution in [0.3, 0.4) is 0 Å². The number of hydrogen-bond acceptors (Lipinski definition) is 4. The van der Waals surface area contributed by atoms with Gasteiger partial charge in [-0.15, -0.1) is 0 Å². The number of Topliss-reactive ketones (excluding diaryl/α,β-unsaturated/α-hetero) is 1. The van der Waals surface area contributed by atoms with Gasteiger partial charge >= 0.3 is 0 Å². The van der Waals surface area contributed by atoms with Crippen molar-refractivity contribution in [3.63, 3.8) is 0 Å². The highest BCUT2D eigenvalue weighted by atomic mass is 16.3. The Labute approximate surface area is 156 Å². The molecule has 0 bridgehead atoms. The van der Waals surface area contributed by atoms with Crippen LogP contribution in [-0.4, -0.2) is 61.0 Å². The molecule has 3 rings (SSSR count). The molecule has 1 N–H and O–H groups in total. The van der Waals surface area contributed by atoms with E-state index in [9.17, 15) is 9.90 Å². The van der Waals surface area contributed by atoms with Crippen molar-refractivity contribution < 1.29 is 9.90 Å². The third-order valence-corrected chi connectivity index (χ3v) is 5.34. The number of nitrogens with zero attached hydrogens (tertiary/aromatic N) is 2. The van der Waals surface area contributed by atoms with Gasteiger partial charge in [0.1, 0.15) is 5.60 Å². The van der Waals surface area contributed by atoms with E-state index in [0.717, 1.165) is 25.2 Å². The summed E-state index contributed by atoms with van der Waals surface area (Å²) < 4.78 is 0. The average Bonchev–Trinajstić information content (AvgIpc) is 2.68. The highest BCUT2D eigenvalue weighted by Crippen LogP contribution is 2.39. The number of likely N-dealkylation sites (N-methyl/N-ethyl adjacent to an activating group) is 1. The Morgan fingerprint density at radius 3 is 2.35 bits per heavy atom. The summed E-state index contributed by atoms with van der Waals surface area (Å²) in [5.41, 5.74) is 0.380. The highest BCUT2D eigenvalue weighted by Gasteiger charge is 2.46. The lowest BCUT2D eigenvalue weighted by Gasteiger charge is -2.44. The van der Waals surface area contributed by atoms with Crippen LogP contribution in [0.5, 0.6) is 0 Å². The lowest BCUT2D eigenvalue weighted by Crippen LogP contribution is -2.54. The molecule has 4 heteroatoms. The molecule has 1 heterocycles. The lowest BCUT2D eigenvalue weighted by atomic mass is 9.72. The van der Waals surface area contributed by atoms with E-state index in [-0.39, 0.29) is 5.78 Å². The normalized spacial score (nSPS) is 23.9. The van der Waals surface area contributed by atoms with E-state index < -0.39 is 11.5 Å². The second-order valence-corrected chi connectivity index (χ2v) is 7.43. The van der Waals surface area contributed by atoms with Crippen molar-refractivity contribution in [2.75, 3.05) is 40.3 Å². The molecule has 26 heavy (non-hydrogen) atoms. The Morgan fingerprint density at radius 1 is 1.12 bits per heavy atom. The summed E-state index contributed by atoms with van der Waals surface area (Å²) in [5.74, 6) is -0.449. The summed E-state index contributed by atoms with van der Waals surface area (Å²) in [5, 5.41) is 11.6. The molecule has 2 unspecified atom stereocenters. The van der Waals surface area contributed by atoms with Crippen molar-refractivity contribution in [2.45, 2.75) is 12.0 Å². The van der Waals surface area contributed by atoms with Gasteiger partial charge in [-0.1, -0.05) is 60.7 Å². The summed E-state index contributed by atoms with van der Waals surface area (Å²) in [6, 6.07) is 19.0. The second-order valence-electron chi connectivity index (χ2n) is 7.43. The van der Waals surface area contributed by atoms with E-state index in [1.807, 2.05) is 60.7 Å². The number of aliphatic hydroxyl groups is 1. The van der Waals surface area contributed by atoms with Gasteiger partial charge in [-0.25, -0.2) is 0 Å². The average molecular weight is 352 g/mol. The Kier molecular flexibility index (Phi) is 5.87.